The summed E-state index contributed by atoms with van der Waals surface area (Å²) in [5, 5.41) is 13.1. The number of aliphatic hydroxyl groups is 1. The first-order valence-corrected chi connectivity index (χ1v) is 7.18. The van der Waals surface area contributed by atoms with Crippen LogP contribution in [0.2, 0.25) is 0 Å². The van der Waals surface area contributed by atoms with Crippen molar-refractivity contribution in [2.24, 2.45) is 0 Å². The molecule has 1 aromatic rings. The fourth-order valence-corrected chi connectivity index (χ4v) is 2.70. The lowest BCUT2D eigenvalue weighted by Crippen LogP contribution is -2.38. The second-order valence-electron chi connectivity index (χ2n) is 5.68. The van der Waals surface area contributed by atoms with Gasteiger partial charge in [0.1, 0.15) is 5.82 Å². The Hall–Kier alpha value is -1.40. The molecular weight excluding hydrogens is 254 g/mol. The summed E-state index contributed by atoms with van der Waals surface area (Å²) in [6, 6.07) is 2.28. The number of aromatic nitrogens is 2. The van der Waals surface area contributed by atoms with Gasteiger partial charge in [0, 0.05) is 37.4 Å². The predicted octanol–water partition coefficient (Wildman–Crippen LogP) is 0.718. The van der Waals surface area contributed by atoms with E-state index in [9.17, 15) is 5.11 Å². The highest BCUT2D eigenvalue weighted by Crippen LogP contribution is 2.25. The van der Waals surface area contributed by atoms with Gasteiger partial charge in [0.25, 0.3) is 0 Å². The smallest absolute Gasteiger partial charge is 0.224 e. The van der Waals surface area contributed by atoms with E-state index in [2.05, 4.69) is 39.2 Å². The third-order valence-electron chi connectivity index (χ3n) is 3.44. The average molecular weight is 279 g/mol. The van der Waals surface area contributed by atoms with Crippen LogP contribution in [-0.4, -0.2) is 65.8 Å². The quantitative estimate of drug-likeness (QED) is 0.828. The molecule has 0 saturated carbocycles. The van der Waals surface area contributed by atoms with Crippen molar-refractivity contribution in [2.75, 3.05) is 43.9 Å². The second-order valence-corrected chi connectivity index (χ2v) is 5.68. The highest BCUT2D eigenvalue weighted by atomic mass is 16.3. The van der Waals surface area contributed by atoms with Gasteiger partial charge in [-0.2, -0.15) is 4.98 Å². The first-order valence-electron chi connectivity index (χ1n) is 7.18. The Balaban J connectivity index is 2.23. The molecule has 1 saturated heterocycles. The molecule has 2 N–H and O–H groups in total. The molecule has 2 rings (SSSR count). The van der Waals surface area contributed by atoms with E-state index in [0.29, 0.717) is 18.5 Å². The highest BCUT2D eigenvalue weighted by molar-refractivity contribution is 5.47. The Bertz CT molecular complexity index is 451. The molecular formula is C14H25N5O. The number of nitrogens with zero attached hydrogens (tertiary/aromatic N) is 4. The standard InChI is InChI=1S/C14H25N5O/c1-5-15-14-16-10(2)6-13(17-14)19-9-12(20)7-11(19)8-18(3)4/h6,11-12,20H,5,7-9H2,1-4H3,(H,15,16,17). The molecule has 0 aliphatic carbocycles. The normalized spacial score (nSPS) is 22.6. The highest BCUT2D eigenvalue weighted by Gasteiger charge is 2.32. The maximum Gasteiger partial charge on any atom is 0.224 e. The van der Waals surface area contributed by atoms with Gasteiger partial charge in [-0.3, -0.25) is 0 Å². The van der Waals surface area contributed by atoms with Gasteiger partial charge >= 0.3 is 0 Å². The van der Waals surface area contributed by atoms with Gasteiger partial charge in [0.2, 0.25) is 5.95 Å². The van der Waals surface area contributed by atoms with Crippen LogP contribution in [0.3, 0.4) is 0 Å². The molecule has 20 heavy (non-hydrogen) atoms. The van der Waals surface area contributed by atoms with E-state index in [4.69, 9.17) is 0 Å². The van der Waals surface area contributed by atoms with E-state index in [-0.39, 0.29) is 6.10 Å². The number of aryl methyl sites for hydroxylation is 1. The average Bonchev–Trinajstić information content (AvgIpc) is 2.69. The topological polar surface area (TPSA) is 64.5 Å². The first-order chi connectivity index (χ1) is 9.49. The van der Waals surface area contributed by atoms with Crippen molar-refractivity contribution in [3.8, 4) is 0 Å². The maximum atomic E-state index is 9.97. The van der Waals surface area contributed by atoms with Crippen molar-refractivity contribution in [2.45, 2.75) is 32.4 Å². The second kappa shape index (κ2) is 6.37. The fraction of sp³-hybridized carbons (Fsp3) is 0.714. The fourth-order valence-electron chi connectivity index (χ4n) is 2.70. The summed E-state index contributed by atoms with van der Waals surface area (Å²) in [6.07, 6.45) is 0.510. The number of aliphatic hydroxyl groups excluding tert-OH is 1. The molecule has 6 nitrogen and oxygen atoms in total. The summed E-state index contributed by atoms with van der Waals surface area (Å²) in [5.41, 5.74) is 0.941. The molecule has 0 amide bonds. The van der Waals surface area contributed by atoms with Crippen LogP contribution >= 0.6 is 0 Å². The van der Waals surface area contributed by atoms with Crippen LogP contribution < -0.4 is 10.2 Å². The minimum absolute atomic E-state index is 0.280. The Labute approximate surface area is 120 Å². The molecule has 1 aromatic heterocycles. The molecule has 2 heterocycles. The number of likely N-dealkylation sites (N-methyl/N-ethyl adjacent to an activating group) is 1. The van der Waals surface area contributed by atoms with Crippen LogP contribution in [0.5, 0.6) is 0 Å². The van der Waals surface area contributed by atoms with Gasteiger partial charge < -0.3 is 20.2 Å². The number of hydrogen-bond acceptors (Lipinski definition) is 6. The van der Waals surface area contributed by atoms with Gasteiger partial charge in [0.15, 0.2) is 0 Å². The Kier molecular flexibility index (Phi) is 4.77. The van der Waals surface area contributed by atoms with Crippen molar-refractivity contribution in [3.63, 3.8) is 0 Å². The van der Waals surface area contributed by atoms with Crippen LogP contribution in [0.1, 0.15) is 19.0 Å². The third-order valence-corrected chi connectivity index (χ3v) is 3.44. The largest absolute Gasteiger partial charge is 0.391 e. The number of anilines is 2. The van der Waals surface area contributed by atoms with Crippen LogP contribution in [0.25, 0.3) is 0 Å². The van der Waals surface area contributed by atoms with Gasteiger partial charge in [0.05, 0.1) is 6.10 Å². The van der Waals surface area contributed by atoms with Gasteiger partial charge in [-0.15, -0.1) is 0 Å². The van der Waals surface area contributed by atoms with E-state index in [0.717, 1.165) is 31.0 Å². The van der Waals surface area contributed by atoms with Crippen LogP contribution in [-0.2, 0) is 0 Å². The lowest BCUT2D eigenvalue weighted by molar-refractivity contribution is 0.191. The molecule has 0 aromatic carbocycles. The minimum Gasteiger partial charge on any atom is -0.391 e. The lowest BCUT2D eigenvalue weighted by atomic mass is 10.2. The number of rotatable bonds is 5. The zero-order valence-corrected chi connectivity index (χ0v) is 12.8. The molecule has 0 spiro atoms. The van der Waals surface area contributed by atoms with Crippen molar-refractivity contribution >= 4 is 11.8 Å². The molecule has 0 radical (unpaired) electrons. The van der Waals surface area contributed by atoms with Crippen molar-refractivity contribution in [3.05, 3.63) is 11.8 Å². The van der Waals surface area contributed by atoms with Crippen LogP contribution in [0.4, 0.5) is 11.8 Å². The minimum atomic E-state index is -0.280. The number of nitrogens with one attached hydrogen (secondary N) is 1. The summed E-state index contributed by atoms with van der Waals surface area (Å²) in [4.78, 5) is 13.3. The van der Waals surface area contributed by atoms with E-state index in [1.165, 1.54) is 0 Å². The van der Waals surface area contributed by atoms with Crippen molar-refractivity contribution in [1.29, 1.82) is 0 Å². The summed E-state index contributed by atoms with van der Waals surface area (Å²) in [7, 11) is 4.11. The number of β-amino-alcohol motifs (C(OH)–C–C–N with tert-alkyl or cyclic N) is 1. The number of hydrogen-bond donors (Lipinski definition) is 2. The third kappa shape index (κ3) is 3.58. The zero-order chi connectivity index (χ0) is 14.7. The Morgan fingerprint density at radius 3 is 2.85 bits per heavy atom. The summed E-state index contributed by atoms with van der Waals surface area (Å²) >= 11 is 0. The van der Waals surface area contributed by atoms with Gasteiger partial charge in [-0.05, 0) is 34.4 Å². The maximum absolute atomic E-state index is 9.97. The van der Waals surface area contributed by atoms with E-state index < -0.39 is 0 Å². The molecule has 0 bridgehead atoms. The first kappa shape index (κ1) is 15.0. The summed E-state index contributed by atoms with van der Waals surface area (Å²) in [5.74, 6) is 1.56. The molecule has 1 aliphatic rings. The predicted molar refractivity (Wildman–Crippen MR) is 81.2 cm³/mol. The molecule has 112 valence electrons. The van der Waals surface area contributed by atoms with E-state index >= 15 is 0 Å². The summed E-state index contributed by atoms with van der Waals surface area (Å²) in [6.45, 7) is 6.35. The van der Waals surface area contributed by atoms with Crippen molar-refractivity contribution < 1.29 is 5.11 Å². The van der Waals surface area contributed by atoms with E-state index in [1.807, 2.05) is 19.9 Å². The Morgan fingerprint density at radius 2 is 2.20 bits per heavy atom. The lowest BCUT2D eigenvalue weighted by Gasteiger charge is -2.28. The summed E-state index contributed by atoms with van der Waals surface area (Å²) < 4.78 is 0. The molecule has 1 aliphatic heterocycles. The monoisotopic (exact) mass is 279 g/mol. The van der Waals surface area contributed by atoms with Crippen molar-refractivity contribution in [1.82, 2.24) is 14.9 Å². The molecule has 2 unspecified atom stereocenters. The zero-order valence-electron chi connectivity index (χ0n) is 12.8. The van der Waals surface area contributed by atoms with Gasteiger partial charge in [-0.1, -0.05) is 0 Å². The van der Waals surface area contributed by atoms with Crippen LogP contribution in [0.15, 0.2) is 6.07 Å². The van der Waals surface area contributed by atoms with Crippen LogP contribution in [0, 0.1) is 6.92 Å². The van der Waals surface area contributed by atoms with Gasteiger partial charge in [-0.25, -0.2) is 4.98 Å². The molecule has 6 heteroatoms. The molecule has 1 fully saturated rings. The Morgan fingerprint density at radius 1 is 1.45 bits per heavy atom. The van der Waals surface area contributed by atoms with E-state index in [1.54, 1.807) is 0 Å². The SMILES string of the molecule is CCNc1nc(C)cc(N2CC(O)CC2CN(C)C)n1. The molecule has 2 atom stereocenters.